The van der Waals surface area contributed by atoms with E-state index in [4.69, 9.17) is 5.14 Å². The molecule has 1 unspecified atom stereocenters. The Morgan fingerprint density at radius 1 is 1.55 bits per heavy atom. The first-order valence-corrected chi connectivity index (χ1v) is 4.08. The average Bonchev–Trinajstić information content (AvgIpc) is 2.13. The summed E-state index contributed by atoms with van der Waals surface area (Å²) in [6.07, 6.45) is 5.33. The smallest absolute Gasteiger partial charge is 0.165 e. The van der Waals surface area contributed by atoms with Crippen LogP contribution < -0.4 is 5.14 Å². The van der Waals surface area contributed by atoms with E-state index in [9.17, 15) is 8.60 Å². The van der Waals surface area contributed by atoms with Gasteiger partial charge < -0.3 is 0 Å². The van der Waals surface area contributed by atoms with Crippen molar-refractivity contribution in [3.8, 4) is 0 Å². The maximum Gasteiger partial charge on any atom is 0.165 e. The molecular weight excluding hydrogens is 165 g/mol. The highest BCUT2D eigenvalue weighted by Gasteiger charge is 1.98. The van der Waals surface area contributed by atoms with Gasteiger partial charge in [-0.25, -0.2) is 9.35 Å². The molecule has 2 N–H and O–H groups in total. The van der Waals surface area contributed by atoms with Gasteiger partial charge in [0, 0.05) is 0 Å². The van der Waals surface area contributed by atoms with Gasteiger partial charge in [0.15, 0.2) is 5.83 Å². The first kappa shape index (κ1) is 8.14. The van der Waals surface area contributed by atoms with Crippen LogP contribution in [0.2, 0.25) is 0 Å². The summed E-state index contributed by atoms with van der Waals surface area (Å²) >= 11 is 0. The van der Waals surface area contributed by atoms with E-state index in [2.05, 4.69) is 5.73 Å². The van der Waals surface area contributed by atoms with Crippen LogP contribution in [0.3, 0.4) is 0 Å². The van der Waals surface area contributed by atoms with Crippen LogP contribution in [0.15, 0.2) is 40.8 Å². The molecule has 11 heavy (non-hydrogen) atoms. The summed E-state index contributed by atoms with van der Waals surface area (Å²) in [5.41, 5.74) is 2.30. The van der Waals surface area contributed by atoms with Crippen molar-refractivity contribution in [3.63, 3.8) is 0 Å². The maximum atomic E-state index is 12.4. The van der Waals surface area contributed by atoms with Crippen LogP contribution in [0.1, 0.15) is 0 Å². The number of hydrogen-bond donors (Lipinski definition) is 1. The molecule has 0 saturated carbocycles. The van der Waals surface area contributed by atoms with E-state index in [1.165, 1.54) is 24.3 Å². The summed E-state index contributed by atoms with van der Waals surface area (Å²) < 4.78 is 23.0. The lowest BCUT2D eigenvalue weighted by atomic mass is 10.4. The Balaban J connectivity index is 2.96. The Morgan fingerprint density at radius 2 is 2.27 bits per heavy atom. The minimum atomic E-state index is -1.56. The van der Waals surface area contributed by atoms with Gasteiger partial charge in [0.25, 0.3) is 0 Å². The lowest BCUT2D eigenvalue weighted by molar-refractivity contribution is 0.669. The minimum Gasteiger partial charge on any atom is -0.248 e. The summed E-state index contributed by atoms with van der Waals surface area (Å²) in [6.45, 7) is 0. The second kappa shape index (κ2) is 3.44. The largest absolute Gasteiger partial charge is 0.248 e. The zero-order valence-corrected chi connectivity index (χ0v) is 6.40. The Morgan fingerprint density at radius 3 is 2.91 bits per heavy atom. The standard InChI is InChI=1S/C7H6FNOS/c8-6-2-1-3-7(5-4-6)11(9)10/h1,3-5H,9H2. The number of allylic oxidation sites excluding steroid dienone is 4. The van der Waals surface area contributed by atoms with Gasteiger partial charge in [0.1, 0.15) is 11.0 Å². The number of halogens is 1. The molecule has 1 aliphatic carbocycles. The van der Waals surface area contributed by atoms with E-state index in [1.54, 1.807) is 0 Å². The van der Waals surface area contributed by atoms with Crippen LogP contribution in [0.4, 0.5) is 4.39 Å². The molecule has 0 fully saturated rings. The van der Waals surface area contributed by atoms with Gasteiger partial charge in [0.2, 0.25) is 0 Å². The van der Waals surface area contributed by atoms with Gasteiger partial charge in [-0.2, -0.15) is 4.39 Å². The van der Waals surface area contributed by atoms with Crippen molar-refractivity contribution in [2.24, 2.45) is 5.14 Å². The van der Waals surface area contributed by atoms with Crippen LogP contribution >= 0.6 is 0 Å². The van der Waals surface area contributed by atoms with Crippen molar-refractivity contribution in [2.45, 2.75) is 0 Å². The Hall–Kier alpha value is -0.960. The van der Waals surface area contributed by atoms with Crippen molar-refractivity contribution in [2.75, 3.05) is 0 Å². The summed E-state index contributed by atoms with van der Waals surface area (Å²) in [5.74, 6) is -0.498. The summed E-state index contributed by atoms with van der Waals surface area (Å²) in [4.78, 5) is 0.380. The van der Waals surface area contributed by atoms with Gasteiger partial charge in [0.05, 0.1) is 4.91 Å². The molecule has 0 heterocycles. The van der Waals surface area contributed by atoms with Crippen molar-refractivity contribution >= 4 is 11.0 Å². The lowest BCUT2D eigenvalue weighted by Crippen LogP contribution is -2.03. The highest BCUT2D eigenvalue weighted by Crippen LogP contribution is 2.07. The molecule has 1 aliphatic rings. The van der Waals surface area contributed by atoms with E-state index in [0.29, 0.717) is 4.91 Å². The molecule has 2 nitrogen and oxygen atoms in total. The molecular formula is C7H6FNOS. The first-order chi connectivity index (χ1) is 5.20. The first-order valence-electron chi connectivity index (χ1n) is 2.87. The second-order valence-electron chi connectivity index (χ2n) is 1.86. The van der Waals surface area contributed by atoms with Crippen molar-refractivity contribution < 1.29 is 8.60 Å². The maximum absolute atomic E-state index is 12.4. The second-order valence-corrected chi connectivity index (χ2v) is 2.92. The monoisotopic (exact) mass is 171 g/mol. The van der Waals surface area contributed by atoms with E-state index in [1.807, 2.05) is 0 Å². The van der Waals surface area contributed by atoms with Gasteiger partial charge in [-0.1, -0.05) is 5.73 Å². The third-order valence-corrected chi connectivity index (χ3v) is 1.83. The minimum absolute atomic E-state index is 0.380. The third kappa shape index (κ3) is 2.27. The molecule has 0 aliphatic heterocycles. The normalized spacial score (nSPS) is 18.7. The van der Waals surface area contributed by atoms with Gasteiger partial charge >= 0.3 is 0 Å². The molecule has 1 rings (SSSR count). The predicted molar refractivity (Wildman–Crippen MR) is 42.3 cm³/mol. The van der Waals surface area contributed by atoms with Gasteiger partial charge in [-0.05, 0) is 24.3 Å². The fourth-order valence-electron chi connectivity index (χ4n) is 0.596. The van der Waals surface area contributed by atoms with Crippen LogP contribution in [0, 0.1) is 0 Å². The van der Waals surface area contributed by atoms with Crippen molar-refractivity contribution in [1.82, 2.24) is 0 Å². The van der Waals surface area contributed by atoms with E-state index in [-0.39, 0.29) is 0 Å². The van der Waals surface area contributed by atoms with Crippen LogP contribution in [-0.2, 0) is 11.0 Å². The molecule has 0 spiro atoms. The highest BCUT2D eigenvalue weighted by atomic mass is 32.2. The predicted octanol–water partition coefficient (Wildman–Crippen LogP) is 1.07. The van der Waals surface area contributed by atoms with Crippen molar-refractivity contribution in [3.05, 3.63) is 40.8 Å². The summed E-state index contributed by atoms with van der Waals surface area (Å²) in [6, 6.07) is 0. The topological polar surface area (TPSA) is 43.1 Å². The number of hydrogen-bond acceptors (Lipinski definition) is 1. The molecule has 0 saturated heterocycles. The summed E-state index contributed by atoms with van der Waals surface area (Å²) in [7, 11) is -1.56. The molecule has 58 valence electrons. The molecule has 0 aromatic carbocycles. The molecule has 0 aromatic heterocycles. The lowest BCUT2D eigenvalue weighted by Gasteiger charge is -1.90. The van der Waals surface area contributed by atoms with E-state index >= 15 is 0 Å². The molecule has 0 amide bonds. The van der Waals surface area contributed by atoms with E-state index < -0.39 is 16.8 Å². The quantitative estimate of drug-likeness (QED) is 0.589. The van der Waals surface area contributed by atoms with Crippen molar-refractivity contribution in [1.29, 1.82) is 0 Å². The number of nitrogens with two attached hydrogens (primary N) is 1. The Kier molecular flexibility index (Phi) is 2.54. The molecule has 0 aromatic rings. The van der Waals surface area contributed by atoms with Crippen LogP contribution in [0.5, 0.6) is 0 Å². The molecule has 0 radical (unpaired) electrons. The molecule has 1 atom stereocenters. The van der Waals surface area contributed by atoms with Crippen LogP contribution in [0.25, 0.3) is 0 Å². The SMILES string of the molecule is NS(=O)C1=CC=C=C(F)C=C1. The summed E-state index contributed by atoms with van der Waals surface area (Å²) in [5, 5.41) is 5.06. The Bertz CT molecular complexity index is 310. The fourth-order valence-corrected chi connectivity index (χ4v) is 1.00. The molecule has 0 bridgehead atoms. The Labute approximate surface area is 66.2 Å². The zero-order valence-electron chi connectivity index (χ0n) is 5.58. The van der Waals surface area contributed by atoms with E-state index in [0.717, 1.165) is 0 Å². The van der Waals surface area contributed by atoms with Gasteiger partial charge in [-0.3, -0.25) is 0 Å². The molecule has 4 heteroatoms. The van der Waals surface area contributed by atoms with Gasteiger partial charge in [-0.15, -0.1) is 0 Å². The number of rotatable bonds is 1. The zero-order chi connectivity index (χ0) is 8.27. The average molecular weight is 171 g/mol. The fraction of sp³-hybridized carbons (Fsp3) is 0. The van der Waals surface area contributed by atoms with Crippen LogP contribution in [-0.4, -0.2) is 4.21 Å². The third-order valence-electron chi connectivity index (χ3n) is 1.10. The highest BCUT2D eigenvalue weighted by molar-refractivity contribution is 7.86.